The first kappa shape index (κ1) is 32.2. The van der Waals surface area contributed by atoms with Gasteiger partial charge in [0.1, 0.15) is 24.9 Å². The number of ether oxygens (including phenoxy) is 1. The topological polar surface area (TPSA) is 96.0 Å². The Balaban J connectivity index is 1.83. The number of hydrogen-bond acceptors (Lipinski definition) is 5. The lowest BCUT2D eigenvalue weighted by Gasteiger charge is -2.32. The van der Waals surface area contributed by atoms with Gasteiger partial charge in [0.05, 0.1) is 11.9 Å². The van der Waals surface area contributed by atoms with Crippen molar-refractivity contribution in [2.75, 3.05) is 23.7 Å². The van der Waals surface area contributed by atoms with Gasteiger partial charge in [-0.2, -0.15) is 0 Å². The zero-order valence-corrected chi connectivity index (χ0v) is 25.8. The molecule has 0 aliphatic carbocycles. The third kappa shape index (κ3) is 9.66. The Bertz CT molecular complexity index is 1430. The van der Waals surface area contributed by atoms with Crippen LogP contribution in [-0.2, 0) is 32.8 Å². The molecule has 1 N–H and O–H groups in total. The van der Waals surface area contributed by atoms with Gasteiger partial charge in [0.15, 0.2) is 0 Å². The minimum Gasteiger partial charge on any atom is -0.489 e. The van der Waals surface area contributed by atoms with Gasteiger partial charge in [-0.05, 0) is 60.4 Å². The number of halogens is 2. The van der Waals surface area contributed by atoms with Gasteiger partial charge >= 0.3 is 0 Å². The lowest BCUT2D eigenvalue weighted by Crippen LogP contribution is -2.51. The first-order valence-corrected chi connectivity index (χ1v) is 15.7. The second kappa shape index (κ2) is 14.6. The summed E-state index contributed by atoms with van der Waals surface area (Å²) in [5.74, 6) is -0.172. The Hall–Kier alpha value is -3.27. The average molecular weight is 621 g/mol. The van der Waals surface area contributed by atoms with Crippen LogP contribution in [0.15, 0.2) is 72.8 Å². The molecule has 0 spiro atoms. The minimum atomic E-state index is -3.87. The third-order valence-electron chi connectivity index (χ3n) is 6.26. The molecule has 0 aliphatic heterocycles. The van der Waals surface area contributed by atoms with Crippen LogP contribution >= 0.6 is 23.2 Å². The van der Waals surface area contributed by atoms with E-state index in [4.69, 9.17) is 27.9 Å². The molecule has 0 radical (unpaired) electrons. The molecule has 0 heterocycles. The van der Waals surface area contributed by atoms with Gasteiger partial charge in [-0.25, -0.2) is 8.42 Å². The molecule has 0 saturated heterocycles. The van der Waals surface area contributed by atoms with E-state index in [1.807, 2.05) is 44.2 Å². The van der Waals surface area contributed by atoms with Crippen molar-refractivity contribution in [3.63, 3.8) is 0 Å². The highest BCUT2D eigenvalue weighted by atomic mass is 35.5. The smallest absolute Gasteiger partial charge is 0.244 e. The highest BCUT2D eigenvalue weighted by molar-refractivity contribution is 7.92. The SMILES string of the molecule is CC(C)CNC(=O)[C@H](C)N(Cc1ccc(Cl)cc1Cl)C(=O)CN(c1ccc(OCc2ccccc2)cc1)S(C)(=O)=O. The fraction of sp³-hybridized carbons (Fsp3) is 0.333. The fourth-order valence-electron chi connectivity index (χ4n) is 3.93. The van der Waals surface area contributed by atoms with Crippen molar-refractivity contribution in [1.29, 1.82) is 0 Å². The van der Waals surface area contributed by atoms with Crippen LogP contribution in [0.5, 0.6) is 5.75 Å². The zero-order chi connectivity index (χ0) is 30.2. The van der Waals surface area contributed by atoms with Gasteiger partial charge in [-0.1, -0.05) is 73.4 Å². The molecule has 0 saturated carbocycles. The first-order valence-electron chi connectivity index (χ1n) is 13.1. The summed E-state index contributed by atoms with van der Waals surface area (Å²) >= 11 is 12.4. The highest BCUT2D eigenvalue weighted by Crippen LogP contribution is 2.25. The molecule has 2 amide bonds. The summed E-state index contributed by atoms with van der Waals surface area (Å²) in [4.78, 5) is 28.0. The van der Waals surface area contributed by atoms with Gasteiger partial charge in [0, 0.05) is 23.1 Å². The number of carbonyl (C=O) groups excluding carboxylic acids is 2. The molecule has 41 heavy (non-hydrogen) atoms. The summed E-state index contributed by atoms with van der Waals surface area (Å²) in [5, 5.41) is 3.60. The minimum absolute atomic E-state index is 0.0189. The summed E-state index contributed by atoms with van der Waals surface area (Å²) < 4.78 is 32.5. The van der Waals surface area contributed by atoms with Crippen molar-refractivity contribution in [2.45, 2.75) is 40.0 Å². The molecule has 0 fully saturated rings. The Morgan fingerprint density at radius 3 is 2.20 bits per heavy atom. The Morgan fingerprint density at radius 2 is 1.61 bits per heavy atom. The average Bonchev–Trinajstić information content (AvgIpc) is 2.93. The second-order valence-corrected chi connectivity index (χ2v) is 12.9. The maximum Gasteiger partial charge on any atom is 0.244 e. The lowest BCUT2D eigenvalue weighted by molar-refractivity contribution is -0.139. The summed E-state index contributed by atoms with van der Waals surface area (Å²) in [6, 6.07) is 20.1. The fourth-order valence-corrected chi connectivity index (χ4v) is 5.25. The number of nitrogens with zero attached hydrogens (tertiary/aromatic N) is 2. The number of anilines is 1. The van der Waals surface area contributed by atoms with Gasteiger partial charge in [-0.3, -0.25) is 13.9 Å². The van der Waals surface area contributed by atoms with Gasteiger partial charge in [0.2, 0.25) is 21.8 Å². The summed E-state index contributed by atoms with van der Waals surface area (Å²) in [6.45, 7) is 5.77. The van der Waals surface area contributed by atoms with Crippen LogP contribution in [0.2, 0.25) is 10.0 Å². The van der Waals surface area contributed by atoms with E-state index in [0.29, 0.717) is 34.5 Å². The van der Waals surface area contributed by atoms with E-state index in [1.54, 1.807) is 49.4 Å². The van der Waals surface area contributed by atoms with Crippen molar-refractivity contribution < 1.29 is 22.7 Å². The van der Waals surface area contributed by atoms with Crippen LogP contribution in [-0.4, -0.2) is 50.5 Å². The third-order valence-corrected chi connectivity index (χ3v) is 7.99. The second-order valence-electron chi connectivity index (χ2n) is 10.1. The molecule has 1 atom stereocenters. The predicted octanol–water partition coefficient (Wildman–Crippen LogP) is 5.53. The Kier molecular flexibility index (Phi) is 11.5. The van der Waals surface area contributed by atoms with E-state index in [1.165, 1.54) is 4.90 Å². The monoisotopic (exact) mass is 619 g/mol. The van der Waals surface area contributed by atoms with Crippen LogP contribution in [0.25, 0.3) is 0 Å². The number of rotatable bonds is 13. The van der Waals surface area contributed by atoms with Gasteiger partial charge in [0.25, 0.3) is 0 Å². The number of sulfonamides is 1. The number of carbonyl (C=O) groups is 2. The van der Waals surface area contributed by atoms with Gasteiger partial charge in [-0.15, -0.1) is 0 Å². The predicted molar refractivity (Wildman–Crippen MR) is 164 cm³/mol. The molecule has 0 bridgehead atoms. The zero-order valence-electron chi connectivity index (χ0n) is 23.5. The molecule has 0 aliphatic rings. The lowest BCUT2D eigenvalue weighted by atomic mass is 10.1. The van der Waals surface area contributed by atoms with E-state index < -0.39 is 28.5 Å². The van der Waals surface area contributed by atoms with Crippen LogP contribution in [0, 0.1) is 5.92 Å². The number of amides is 2. The van der Waals surface area contributed by atoms with Crippen LogP contribution in [0.4, 0.5) is 5.69 Å². The molecule has 0 unspecified atom stereocenters. The number of hydrogen-bond donors (Lipinski definition) is 1. The summed E-state index contributed by atoms with van der Waals surface area (Å²) in [5.41, 5.74) is 1.85. The van der Waals surface area contributed by atoms with Crippen LogP contribution < -0.4 is 14.4 Å². The standard InChI is InChI=1S/C30H35Cl2N3O5S/c1-21(2)17-33-30(37)22(3)34(18-24-10-11-25(31)16-28(24)32)29(36)19-35(41(4,38)39)26-12-14-27(15-13-26)40-20-23-8-6-5-7-9-23/h5-16,21-22H,17-20H2,1-4H3,(H,33,37)/t22-/m0/s1. The van der Waals surface area contributed by atoms with Crippen molar-refractivity contribution in [2.24, 2.45) is 5.92 Å². The van der Waals surface area contributed by atoms with Crippen molar-refractivity contribution in [3.05, 3.63) is 94.0 Å². The van der Waals surface area contributed by atoms with Gasteiger partial charge < -0.3 is 15.0 Å². The molecule has 3 aromatic carbocycles. The molecule has 220 valence electrons. The van der Waals surface area contributed by atoms with Crippen molar-refractivity contribution in [3.8, 4) is 5.75 Å². The molecule has 3 aromatic rings. The van der Waals surface area contributed by atoms with E-state index in [9.17, 15) is 18.0 Å². The Morgan fingerprint density at radius 1 is 0.951 bits per heavy atom. The molecule has 11 heteroatoms. The van der Waals surface area contributed by atoms with E-state index in [0.717, 1.165) is 16.1 Å². The number of nitrogens with one attached hydrogen (secondary N) is 1. The molecule has 0 aromatic heterocycles. The van der Waals surface area contributed by atoms with E-state index >= 15 is 0 Å². The maximum absolute atomic E-state index is 13.7. The first-order chi connectivity index (χ1) is 19.3. The normalized spacial score (nSPS) is 12.1. The summed E-state index contributed by atoms with van der Waals surface area (Å²) in [7, 11) is -3.87. The van der Waals surface area contributed by atoms with Crippen molar-refractivity contribution in [1.82, 2.24) is 10.2 Å². The van der Waals surface area contributed by atoms with Crippen molar-refractivity contribution >= 4 is 50.7 Å². The number of benzene rings is 3. The maximum atomic E-state index is 13.7. The summed E-state index contributed by atoms with van der Waals surface area (Å²) in [6.07, 6.45) is 1.03. The van der Waals surface area contributed by atoms with E-state index in [2.05, 4.69) is 5.32 Å². The molecule has 8 nitrogen and oxygen atoms in total. The molecular formula is C30H35Cl2N3O5S. The molecule has 3 rings (SSSR count). The Labute approximate surface area is 252 Å². The molecular weight excluding hydrogens is 585 g/mol. The van der Waals surface area contributed by atoms with Crippen LogP contribution in [0.1, 0.15) is 31.9 Å². The van der Waals surface area contributed by atoms with Crippen LogP contribution in [0.3, 0.4) is 0 Å². The quantitative estimate of drug-likeness (QED) is 0.271. The largest absolute Gasteiger partial charge is 0.489 e. The highest BCUT2D eigenvalue weighted by Gasteiger charge is 2.30. The van der Waals surface area contributed by atoms with E-state index in [-0.39, 0.29) is 24.1 Å².